The van der Waals surface area contributed by atoms with Gasteiger partial charge in [0.15, 0.2) is 0 Å². The molecule has 2 rings (SSSR count). The third kappa shape index (κ3) is 2.80. The number of piperidine rings is 1. The van der Waals surface area contributed by atoms with Crippen molar-refractivity contribution in [2.24, 2.45) is 5.92 Å². The molecule has 0 radical (unpaired) electrons. The Hall–Kier alpha value is -0.940. The Balaban J connectivity index is 1.99. The van der Waals surface area contributed by atoms with Crippen LogP contribution in [0, 0.1) is 5.92 Å². The fourth-order valence-corrected chi connectivity index (χ4v) is 2.13. The first-order chi connectivity index (χ1) is 7.77. The maximum Gasteiger partial charge on any atom is 0.229 e. The van der Waals surface area contributed by atoms with E-state index in [4.69, 9.17) is 0 Å². The van der Waals surface area contributed by atoms with Crippen LogP contribution in [0.3, 0.4) is 0 Å². The summed E-state index contributed by atoms with van der Waals surface area (Å²) in [6.07, 6.45) is 3.67. The molecule has 86 valence electrons. The van der Waals surface area contributed by atoms with Crippen LogP contribution in [0.2, 0.25) is 0 Å². The van der Waals surface area contributed by atoms with Gasteiger partial charge < -0.3 is 10.6 Å². The Labute approximate surface area is 103 Å². The van der Waals surface area contributed by atoms with Crippen LogP contribution in [0.25, 0.3) is 0 Å². The third-order valence-electron chi connectivity index (χ3n) is 2.67. The number of carbonyl (C=O) groups is 1. The summed E-state index contributed by atoms with van der Waals surface area (Å²) in [5.41, 5.74) is 0. The highest BCUT2D eigenvalue weighted by Gasteiger charge is 2.21. The molecule has 1 saturated heterocycles. The Morgan fingerprint density at radius 3 is 3.19 bits per heavy atom. The molecule has 1 amide bonds. The van der Waals surface area contributed by atoms with Gasteiger partial charge in [-0.3, -0.25) is 4.79 Å². The SMILES string of the molecule is O=C(Nc1ncccc1Br)[C@H]1CCCNC1. The number of halogens is 1. The number of hydrogen-bond acceptors (Lipinski definition) is 3. The molecule has 5 heteroatoms. The van der Waals surface area contributed by atoms with Crippen LogP contribution in [0.4, 0.5) is 5.82 Å². The number of hydrogen-bond donors (Lipinski definition) is 2. The van der Waals surface area contributed by atoms with Crippen molar-refractivity contribution in [3.8, 4) is 0 Å². The smallest absolute Gasteiger partial charge is 0.229 e. The number of anilines is 1. The number of rotatable bonds is 2. The summed E-state index contributed by atoms with van der Waals surface area (Å²) in [7, 11) is 0. The summed E-state index contributed by atoms with van der Waals surface area (Å²) < 4.78 is 0.812. The molecule has 2 N–H and O–H groups in total. The molecule has 16 heavy (non-hydrogen) atoms. The van der Waals surface area contributed by atoms with Gasteiger partial charge in [0.25, 0.3) is 0 Å². The summed E-state index contributed by atoms with van der Waals surface area (Å²) in [4.78, 5) is 16.0. The molecule has 0 unspecified atom stereocenters. The summed E-state index contributed by atoms with van der Waals surface area (Å²) in [6.45, 7) is 1.77. The topological polar surface area (TPSA) is 54.0 Å². The van der Waals surface area contributed by atoms with Crippen LogP contribution < -0.4 is 10.6 Å². The molecule has 1 aromatic heterocycles. The van der Waals surface area contributed by atoms with Crippen LogP contribution in [0.15, 0.2) is 22.8 Å². The van der Waals surface area contributed by atoms with E-state index in [1.54, 1.807) is 6.20 Å². The summed E-state index contributed by atoms with van der Waals surface area (Å²) in [5.74, 6) is 0.701. The molecule has 0 aliphatic carbocycles. The zero-order valence-electron chi connectivity index (χ0n) is 8.87. The number of amides is 1. The normalized spacial score (nSPS) is 20.4. The highest BCUT2D eigenvalue weighted by Crippen LogP contribution is 2.20. The van der Waals surface area contributed by atoms with E-state index < -0.39 is 0 Å². The van der Waals surface area contributed by atoms with E-state index >= 15 is 0 Å². The van der Waals surface area contributed by atoms with Crippen LogP contribution in [-0.2, 0) is 4.79 Å². The first-order valence-corrected chi connectivity index (χ1v) is 6.19. The minimum absolute atomic E-state index is 0.0478. The van der Waals surface area contributed by atoms with E-state index in [0.29, 0.717) is 5.82 Å². The number of aromatic nitrogens is 1. The van der Waals surface area contributed by atoms with E-state index in [0.717, 1.165) is 30.4 Å². The van der Waals surface area contributed by atoms with Gasteiger partial charge in [-0.05, 0) is 47.4 Å². The van der Waals surface area contributed by atoms with Gasteiger partial charge in [-0.1, -0.05) is 0 Å². The second kappa shape index (κ2) is 5.41. The zero-order valence-corrected chi connectivity index (χ0v) is 10.5. The van der Waals surface area contributed by atoms with Gasteiger partial charge in [-0.25, -0.2) is 4.98 Å². The van der Waals surface area contributed by atoms with Crippen LogP contribution in [0.1, 0.15) is 12.8 Å². The molecule has 0 spiro atoms. The molecule has 0 bridgehead atoms. The lowest BCUT2D eigenvalue weighted by Gasteiger charge is -2.21. The lowest BCUT2D eigenvalue weighted by Crippen LogP contribution is -2.37. The first-order valence-electron chi connectivity index (χ1n) is 5.39. The number of nitrogens with zero attached hydrogens (tertiary/aromatic N) is 1. The van der Waals surface area contributed by atoms with Gasteiger partial charge in [0.2, 0.25) is 5.91 Å². The fourth-order valence-electron chi connectivity index (χ4n) is 1.77. The second-order valence-electron chi connectivity index (χ2n) is 3.87. The minimum Gasteiger partial charge on any atom is -0.316 e. The second-order valence-corrected chi connectivity index (χ2v) is 4.72. The average molecular weight is 284 g/mol. The Bertz CT molecular complexity index is 377. The van der Waals surface area contributed by atoms with E-state index in [2.05, 4.69) is 31.5 Å². The molecular weight excluding hydrogens is 270 g/mol. The Morgan fingerprint density at radius 1 is 1.62 bits per heavy atom. The molecule has 2 heterocycles. The molecule has 1 aliphatic rings. The first kappa shape index (κ1) is 11.5. The van der Waals surface area contributed by atoms with Crippen molar-refractivity contribution in [2.45, 2.75) is 12.8 Å². The lowest BCUT2D eigenvalue weighted by molar-refractivity contribution is -0.120. The standard InChI is InChI=1S/C11H14BrN3O/c12-9-4-2-6-14-10(9)15-11(16)8-3-1-5-13-7-8/h2,4,6,8,13H,1,3,5,7H2,(H,14,15,16)/t8-/m0/s1. The minimum atomic E-state index is 0.0478. The third-order valence-corrected chi connectivity index (χ3v) is 3.31. The van der Waals surface area contributed by atoms with Crippen LogP contribution >= 0.6 is 15.9 Å². The number of carbonyl (C=O) groups excluding carboxylic acids is 1. The van der Waals surface area contributed by atoms with Gasteiger partial charge in [-0.15, -0.1) is 0 Å². The van der Waals surface area contributed by atoms with Gasteiger partial charge in [0.05, 0.1) is 10.4 Å². The van der Waals surface area contributed by atoms with Crippen molar-refractivity contribution >= 4 is 27.7 Å². The van der Waals surface area contributed by atoms with Gasteiger partial charge in [-0.2, -0.15) is 0 Å². The zero-order chi connectivity index (χ0) is 11.4. The molecule has 4 nitrogen and oxygen atoms in total. The van der Waals surface area contributed by atoms with Crippen molar-refractivity contribution < 1.29 is 4.79 Å². The van der Waals surface area contributed by atoms with Crippen molar-refractivity contribution in [2.75, 3.05) is 18.4 Å². The molecule has 1 atom stereocenters. The molecule has 1 fully saturated rings. The quantitative estimate of drug-likeness (QED) is 0.870. The van der Waals surface area contributed by atoms with E-state index in [1.165, 1.54) is 0 Å². The largest absolute Gasteiger partial charge is 0.316 e. The van der Waals surface area contributed by atoms with Crippen molar-refractivity contribution in [1.82, 2.24) is 10.3 Å². The van der Waals surface area contributed by atoms with Gasteiger partial charge in [0, 0.05) is 12.7 Å². The highest BCUT2D eigenvalue weighted by molar-refractivity contribution is 9.10. The van der Waals surface area contributed by atoms with Crippen molar-refractivity contribution in [1.29, 1.82) is 0 Å². The maximum atomic E-state index is 11.9. The molecule has 1 aliphatic heterocycles. The predicted molar refractivity (Wildman–Crippen MR) is 66.2 cm³/mol. The van der Waals surface area contributed by atoms with Crippen LogP contribution in [0.5, 0.6) is 0 Å². The Morgan fingerprint density at radius 2 is 2.50 bits per heavy atom. The summed E-state index contributed by atoms with van der Waals surface area (Å²) >= 11 is 3.36. The van der Waals surface area contributed by atoms with Crippen LogP contribution in [-0.4, -0.2) is 24.0 Å². The maximum absolute atomic E-state index is 11.9. The highest BCUT2D eigenvalue weighted by atomic mass is 79.9. The summed E-state index contributed by atoms with van der Waals surface area (Å²) in [6, 6.07) is 3.68. The average Bonchev–Trinajstić information content (AvgIpc) is 2.33. The monoisotopic (exact) mass is 283 g/mol. The number of nitrogens with one attached hydrogen (secondary N) is 2. The van der Waals surface area contributed by atoms with E-state index in [1.807, 2.05) is 12.1 Å². The molecule has 1 aromatic rings. The Kier molecular flexibility index (Phi) is 3.90. The van der Waals surface area contributed by atoms with E-state index in [9.17, 15) is 4.79 Å². The molecular formula is C11H14BrN3O. The van der Waals surface area contributed by atoms with Gasteiger partial charge >= 0.3 is 0 Å². The van der Waals surface area contributed by atoms with E-state index in [-0.39, 0.29) is 11.8 Å². The number of pyridine rings is 1. The fraction of sp³-hybridized carbons (Fsp3) is 0.455. The summed E-state index contributed by atoms with van der Waals surface area (Å²) in [5, 5.41) is 6.07. The van der Waals surface area contributed by atoms with Gasteiger partial charge in [0.1, 0.15) is 5.82 Å². The van der Waals surface area contributed by atoms with Crippen molar-refractivity contribution in [3.05, 3.63) is 22.8 Å². The predicted octanol–water partition coefficient (Wildman–Crippen LogP) is 1.78. The van der Waals surface area contributed by atoms with Crippen molar-refractivity contribution in [3.63, 3.8) is 0 Å². The lowest BCUT2D eigenvalue weighted by atomic mass is 9.99. The molecule has 0 aromatic carbocycles. The molecule has 0 saturated carbocycles.